The standard InChI is InChI=1S/C14H29NO2/c1-3-5-7-8-9-10-11-13-17-14(16)15-12-6-4-2/h3-13H2,1-2H3,(H,15,16). The number of unbranched alkanes of at least 4 members (excludes halogenated alkanes) is 7. The van der Waals surface area contributed by atoms with E-state index in [9.17, 15) is 4.79 Å². The maximum Gasteiger partial charge on any atom is 0.407 e. The van der Waals surface area contributed by atoms with Crippen molar-refractivity contribution >= 4 is 6.09 Å². The lowest BCUT2D eigenvalue weighted by atomic mass is 10.1. The van der Waals surface area contributed by atoms with Crippen LogP contribution in [0.5, 0.6) is 0 Å². The number of alkyl carbamates (subject to hydrolysis) is 1. The van der Waals surface area contributed by atoms with Crippen molar-refractivity contribution in [3.8, 4) is 0 Å². The summed E-state index contributed by atoms with van der Waals surface area (Å²) in [5.41, 5.74) is 0. The second-order valence-corrected chi connectivity index (χ2v) is 4.54. The SMILES string of the molecule is CCCCCCCCCOC(=O)NCCCC. The highest BCUT2D eigenvalue weighted by Crippen LogP contribution is 2.06. The van der Waals surface area contributed by atoms with E-state index in [0.29, 0.717) is 6.61 Å². The van der Waals surface area contributed by atoms with Crippen LogP contribution in [0, 0.1) is 0 Å². The third-order valence-corrected chi connectivity index (χ3v) is 2.78. The van der Waals surface area contributed by atoms with Gasteiger partial charge in [-0.1, -0.05) is 58.8 Å². The third kappa shape index (κ3) is 13.2. The molecule has 1 amide bonds. The molecule has 3 nitrogen and oxygen atoms in total. The normalized spacial score (nSPS) is 10.2. The molecule has 0 bridgehead atoms. The van der Waals surface area contributed by atoms with E-state index in [1.165, 1.54) is 38.5 Å². The van der Waals surface area contributed by atoms with Gasteiger partial charge in [0.05, 0.1) is 6.61 Å². The summed E-state index contributed by atoms with van der Waals surface area (Å²) in [7, 11) is 0. The molecule has 0 aromatic carbocycles. The molecule has 17 heavy (non-hydrogen) atoms. The number of hydrogen-bond donors (Lipinski definition) is 1. The van der Waals surface area contributed by atoms with Crippen LogP contribution in [0.25, 0.3) is 0 Å². The first-order chi connectivity index (χ1) is 8.31. The van der Waals surface area contributed by atoms with Crippen LogP contribution in [-0.4, -0.2) is 19.2 Å². The number of ether oxygens (including phenoxy) is 1. The molecule has 0 aromatic rings. The second kappa shape index (κ2) is 13.3. The molecule has 0 spiro atoms. The lowest BCUT2D eigenvalue weighted by Crippen LogP contribution is -2.25. The van der Waals surface area contributed by atoms with E-state index >= 15 is 0 Å². The molecule has 0 aliphatic heterocycles. The van der Waals surface area contributed by atoms with Gasteiger partial charge in [0, 0.05) is 6.54 Å². The summed E-state index contributed by atoms with van der Waals surface area (Å²) in [5.74, 6) is 0. The molecule has 0 atom stereocenters. The fourth-order valence-electron chi connectivity index (χ4n) is 1.64. The van der Waals surface area contributed by atoms with Crippen LogP contribution in [-0.2, 0) is 4.74 Å². The first kappa shape index (κ1) is 16.3. The quantitative estimate of drug-likeness (QED) is 0.550. The summed E-state index contributed by atoms with van der Waals surface area (Å²) in [6.07, 6.45) is 10.6. The van der Waals surface area contributed by atoms with Crippen LogP contribution >= 0.6 is 0 Å². The maximum absolute atomic E-state index is 11.2. The average Bonchev–Trinajstić information content (AvgIpc) is 2.33. The van der Waals surface area contributed by atoms with Gasteiger partial charge in [0.25, 0.3) is 0 Å². The van der Waals surface area contributed by atoms with E-state index in [4.69, 9.17) is 4.74 Å². The predicted molar refractivity (Wildman–Crippen MR) is 72.3 cm³/mol. The van der Waals surface area contributed by atoms with Crippen molar-refractivity contribution in [2.45, 2.75) is 71.6 Å². The minimum Gasteiger partial charge on any atom is -0.450 e. The van der Waals surface area contributed by atoms with Crippen molar-refractivity contribution in [1.82, 2.24) is 5.32 Å². The van der Waals surface area contributed by atoms with Crippen LogP contribution in [0.1, 0.15) is 71.6 Å². The van der Waals surface area contributed by atoms with Gasteiger partial charge >= 0.3 is 6.09 Å². The Balaban J connectivity index is 3.08. The van der Waals surface area contributed by atoms with E-state index in [1.807, 2.05) is 0 Å². The highest BCUT2D eigenvalue weighted by atomic mass is 16.5. The van der Waals surface area contributed by atoms with Crippen molar-refractivity contribution < 1.29 is 9.53 Å². The summed E-state index contributed by atoms with van der Waals surface area (Å²) in [4.78, 5) is 11.2. The molecule has 0 aliphatic carbocycles. The van der Waals surface area contributed by atoms with Crippen LogP contribution in [0.2, 0.25) is 0 Å². The molecule has 3 heteroatoms. The predicted octanol–water partition coefficient (Wildman–Crippen LogP) is 4.26. The second-order valence-electron chi connectivity index (χ2n) is 4.54. The summed E-state index contributed by atoms with van der Waals surface area (Å²) in [6, 6.07) is 0. The van der Waals surface area contributed by atoms with Gasteiger partial charge in [-0.2, -0.15) is 0 Å². The lowest BCUT2D eigenvalue weighted by molar-refractivity contribution is 0.143. The van der Waals surface area contributed by atoms with E-state index in [0.717, 1.165) is 25.8 Å². The highest BCUT2D eigenvalue weighted by Gasteiger charge is 1.99. The lowest BCUT2D eigenvalue weighted by Gasteiger charge is -2.06. The molecular formula is C14H29NO2. The summed E-state index contributed by atoms with van der Waals surface area (Å²) in [6.45, 7) is 5.62. The Morgan fingerprint density at radius 1 is 0.882 bits per heavy atom. The number of carbonyl (C=O) groups is 1. The Hall–Kier alpha value is -0.730. The zero-order chi connectivity index (χ0) is 12.8. The smallest absolute Gasteiger partial charge is 0.407 e. The Bertz CT molecular complexity index is 172. The molecule has 0 unspecified atom stereocenters. The van der Waals surface area contributed by atoms with Gasteiger partial charge in [-0.15, -0.1) is 0 Å². The molecule has 0 rings (SSSR count). The van der Waals surface area contributed by atoms with Crippen molar-refractivity contribution in [2.24, 2.45) is 0 Å². The average molecular weight is 243 g/mol. The first-order valence-corrected chi connectivity index (χ1v) is 7.21. The Labute approximate surface area is 106 Å². The van der Waals surface area contributed by atoms with Gasteiger partial charge in [0.2, 0.25) is 0 Å². The van der Waals surface area contributed by atoms with Crippen molar-refractivity contribution in [1.29, 1.82) is 0 Å². The molecule has 102 valence electrons. The number of carbonyl (C=O) groups excluding carboxylic acids is 1. The zero-order valence-electron chi connectivity index (χ0n) is 11.6. The molecular weight excluding hydrogens is 214 g/mol. The van der Waals surface area contributed by atoms with Gasteiger partial charge < -0.3 is 10.1 Å². The maximum atomic E-state index is 11.2. The van der Waals surface area contributed by atoms with Crippen molar-refractivity contribution in [3.05, 3.63) is 0 Å². The molecule has 1 N–H and O–H groups in total. The minimum absolute atomic E-state index is 0.260. The van der Waals surface area contributed by atoms with Crippen LogP contribution < -0.4 is 5.32 Å². The fourth-order valence-corrected chi connectivity index (χ4v) is 1.64. The molecule has 0 aliphatic rings. The monoisotopic (exact) mass is 243 g/mol. The molecule has 0 radical (unpaired) electrons. The molecule has 0 saturated heterocycles. The van der Waals surface area contributed by atoms with E-state index in [1.54, 1.807) is 0 Å². The van der Waals surface area contributed by atoms with Crippen LogP contribution in [0.3, 0.4) is 0 Å². The minimum atomic E-state index is -0.260. The summed E-state index contributed by atoms with van der Waals surface area (Å²) in [5, 5.41) is 2.74. The number of nitrogens with one attached hydrogen (secondary N) is 1. The summed E-state index contributed by atoms with van der Waals surface area (Å²) >= 11 is 0. The Morgan fingerprint density at radius 3 is 2.12 bits per heavy atom. The van der Waals surface area contributed by atoms with Crippen LogP contribution in [0.15, 0.2) is 0 Å². The third-order valence-electron chi connectivity index (χ3n) is 2.78. The van der Waals surface area contributed by atoms with Crippen LogP contribution in [0.4, 0.5) is 4.79 Å². The topological polar surface area (TPSA) is 38.3 Å². The van der Waals surface area contributed by atoms with Crippen molar-refractivity contribution in [2.75, 3.05) is 13.2 Å². The molecule has 0 aromatic heterocycles. The van der Waals surface area contributed by atoms with Gasteiger partial charge in [0.15, 0.2) is 0 Å². The largest absolute Gasteiger partial charge is 0.450 e. The van der Waals surface area contributed by atoms with Gasteiger partial charge in [-0.3, -0.25) is 0 Å². The van der Waals surface area contributed by atoms with E-state index in [-0.39, 0.29) is 6.09 Å². The number of hydrogen-bond acceptors (Lipinski definition) is 2. The Morgan fingerprint density at radius 2 is 1.47 bits per heavy atom. The van der Waals surface area contributed by atoms with E-state index in [2.05, 4.69) is 19.2 Å². The first-order valence-electron chi connectivity index (χ1n) is 7.21. The zero-order valence-corrected chi connectivity index (χ0v) is 11.6. The van der Waals surface area contributed by atoms with E-state index < -0.39 is 0 Å². The van der Waals surface area contributed by atoms with Gasteiger partial charge in [-0.25, -0.2) is 4.79 Å². The van der Waals surface area contributed by atoms with Crippen molar-refractivity contribution in [3.63, 3.8) is 0 Å². The van der Waals surface area contributed by atoms with Gasteiger partial charge in [-0.05, 0) is 12.8 Å². The molecule has 0 heterocycles. The Kier molecular flexibility index (Phi) is 12.8. The summed E-state index contributed by atoms with van der Waals surface area (Å²) < 4.78 is 5.07. The number of amides is 1. The van der Waals surface area contributed by atoms with Gasteiger partial charge in [0.1, 0.15) is 0 Å². The molecule has 0 fully saturated rings. The highest BCUT2D eigenvalue weighted by molar-refractivity contribution is 5.66. The molecule has 0 saturated carbocycles. The number of rotatable bonds is 11. The fraction of sp³-hybridized carbons (Fsp3) is 0.929.